The lowest BCUT2D eigenvalue weighted by atomic mass is 9.92. The Hall–Kier alpha value is -1.06. The van der Waals surface area contributed by atoms with Crippen molar-refractivity contribution in [2.24, 2.45) is 5.41 Å². The Morgan fingerprint density at radius 2 is 2.14 bits per heavy atom. The SMILES string of the molecule is CCOc1cn(CCC(C)(C)C)nn1. The molecule has 0 aliphatic rings. The van der Waals surface area contributed by atoms with E-state index in [9.17, 15) is 0 Å². The van der Waals surface area contributed by atoms with Crippen LogP contribution < -0.4 is 4.74 Å². The van der Waals surface area contributed by atoms with Gasteiger partial charge in [0.1, 0.15) is 0 Å². The Morgan fingerprint density at radius 3 is 2.71 bits per heavy atom. The average Bonchev–Trinajstić information content (AvgIpc) is 2.49. The quantitative estimate of drug-likeness (QED) is 0.742. The van der Waals surface area contributed by atoms with Crippen LogP contribution in [0.5, 0.6) is 5.88 Å². The fraction of sp³-hybridized carbons (Fsp3) is 0.800. The molecule has 14 heavy (non-hydrogen) atoms. The van der Waals surface area contributed by atoms with Crippen LogP contribution in [0.3, 0.4) is 0 Å². The van der Waals surface area contributed by atoms with Crippen molar-refractivity contribution in [3.63, 3.8) is 0 Å². The second-order valence-corrected chi connectivity index (χ2v) is 4.56. The molecule has 4 nitrogen and oxygen atoms in total. The molecule has 1 aromatic rings. The molecule has 0 unspecified atom stereocenters. The molecule has 0 aliphatic heterocycles. The fourth-order valence-corrected chi connectivity index (χ4v) is 1.05. The Morgan fingerprint density at radius 1 is 1.43 bits per heavy atom. The lowest BCUT2D eigenvalue weighted by molar-refractivity contribution is 0.326. The summed E-state index contributed by atoms with van der Waals surface area (Å²) in [6, 6.07) is 0. The van der Waals surface area contributed by atoms with Crippen molar-refractivity contribution in [1.29, 1.82) is 0 Å². The number of ether oxygens (including phenoxy) is 1. The summed E-state index contributed by atoms with van der Waals surface area (Å²) in [6.07, 6.45) is 2.93. The van der Waals surface area contributed by atoms with Crippen LogP contribution in [-0.2, 0) is 6.54 Å². The highest BCUT2D eigenvalue weighted by molar-refractivity contribution is 4.98. The number of hydrogen-bond donors (Lipinski definition) is 0. The second kappa shape index (κ2) is 4.44. The van der Waals surface area contributed by atoms with Crippen LogP contribution in [0, 0.1) is 5.41 Å². The molecule has 80 valence electrons. The highest BCUT2D eigenvalue weighted by atomic mass is 16.5. The van der Waals surface area contributed by atoms with Gasteiger partial charge in [0.2, 0.25) is 0 Å². The van der Waals surface area contributed by atoms with Crippen LogP contribution in [-0.4, -0.2) is 21.6 Å². The monoisotopic (exact) mass is 197 g/mol. The predicted molar refractivity (Wildman–Crippen MR) is 55.3 cm³/mol. The molecular weight excluding hydrogens is 178 g/mol. The van der Waals surface area contributed by atoms with Gasteiger partial charge in [-0.05, 0) is 18.8 Å². The van der Waals surface area contributed by atoms with Gasteiger partial charge >= 0.3 is 0 Å². The molecule has 0 atom stereocenters. The van der Waals surface area contributed by atoms with Crippen LogP contribution in [0.1, 0.15) is 34.1 Å². The van der Waals surface area contributed by atoms with Gasteiger partial charge in [-0.25, -0.2) is 4.68 Å². The number of aromatic nitrogens is 3. The zero-order chi connectivity index (χ0) is 10.6. The van der Waals surface area contributed by atoms with E-state index in [4.69, 9.17) is 4.74 Å². The molecule has 0 bridgehead atoms. The first kappa shape index (κ1) is 11.0. The number of aryl methyl sites for hydroxylation is 1. The first-order chi connectivity index (χ1) is 6.51. The molecule has 0 saturated carbocycles. The van der Waals surface area contributed by atoms with E-state index < -0.39 is 0 Å². The van der Waals surface area contributed by atoms with Crippen molar-refractivity contribution in [2.75, 3.05) is 6.61 Å². The van der Waals surface area contributed by atoms with E-state index >= 15 is 0 Å². The van der Waals surface area contributed by atoms with E-state index in [1.54, 1.807) is 0 Å². The summed E-state index contributed by atoms with van der Waals surface area (Å²) in [5.74, 6) is 0.612. The van der Waals surface area contributed by atoms with Crippen LogP contribution in [0.25, 0.3) is 0 Å². The molecule has 1 rings (SSSR count). The van der Waals surface area contributed by atoms with Gasteiger partial charge in [-0.15, -0.1) is 0 Å². The maximum absolute atomic E-state index is 5.22. The van der Waals surface area contributed by atoms with Gasteiger partial charge in [-0.2, -0.15) is 0 Å². The number of hydrogen-bond acceptors (Lipinski definition) is 3. The summed E-state index contributed by atoms with van der Waals surface area (Å²) in [4.78, 5) is 0. The largest absolute Gasteiger partial charge is 0.476 e. The third-order valence-corrected chi connectivity index (χ3v) is 1.90. The summed E-state index contributed by atoms with van der Waals surface area (Å²) in [7, 11) is 0. The van der Waals surface area contributed by atoms with Crippen molar-refractivity contribution in [2.45, 2.75) is 40.7 Å². The summed E-state index contributed by atoms with van der Waals surface area (Å²) in [5.41, 5.74) is 0.331. The zero-order valence-electron chi connectivity index (χ0n) is 9.45. The van der Waals surface area contributed by atoms with Gasteiger partial charge < -0.3 is 4.74 Å². The molecule has 0 amide bonds. The normalized spacial score (nSPS) is 11.7. The lowest BCUT2D eigenvalue weighted by Gasteiger charge is -2.16. The van der Waals surface area contributed by atoms with Gasteiger partial charge in [-0.3, -0.25) is 0 Å². The maximum atomic E-state index is 5.22. The molecule has 0 aliphatic carbocycles. The maximum Gasteiger partial charge on any atom is 0.253 e. The van der Waals surface area contributed by atoms with E-state index in [0.717, 1.165) is 13.0 Å². The third-order valence-electron chi connectivity index (χ3n) is 1.90. The van der Waals surface area contributed by atoms with E-state index in [2.05, 4.69) is 31.1 Å². The molecule has 0 aromatic carbocycles. The van der Waals surface area contributed by atoms with Crippen molar-refractivity contribution in [3.05, 3.63) is 6.20 Å². The van der Waals surface area contributed by atoms with E-state index in [-0.39, 0.29) is 0 Å². The van der Waals surface area contributed by atoms with Gasteiger partial charge in [0.25, 0.3) is 5.88 Å². The molecule has 0 fully saturated rings. The molecule has 0 radical (unpaired) electrons. The first-order valence-electron chi connectivity index (χ1n) is 5.04. The lowest BCUT2D eigenvalue weighted by Crippen LogP contribution is -2.10. The minimum Gasteiger partial charge on any atom is -0.476 e. The molecule has 0 saturated heterocycles. The summed E-state index contributed by atoms with van der Waals surface area (Å²) in [6.45, 7) is 10.1. The van der Waals surface area contributed by atoms with Crippen LogP contribution >= 0.6 is 0 Å². The predicted octanol–water partition coefficient (Wildman–Crippen LogP) is 2.11. The molecule has 1 heterocycles. The van der Waals surface area contributed by atoms with Gasteiger partial charge in [-0.1, -0.05) is 31.1 Å². The standard InChI is InChI=1S/C10H19N3O/c1-5-14-9-8-13(12-11-9)7-6-10(2,3)4/h8H,5-7H2,1-4H3. The molecule has 0 spiro atoms. The first-order valence-corrected chi connectivity index (χ1v) is 5.04. The Labute approximate surface area is 85.3 Å². The summed E-state index contributed by atoms with van der Waals surface area (Å²) < 4.78 is 7.05. The summed E-state index contributed by atoms with van der Waals surface area (Å²) in [5, 5.41) is 7.88. The average molecular weight is 197 g/mol. The van der Waals surface area contributed by atoms with E-state index in [1.165, 1.54) is 0 Å². The van der Waals surface area contributed by atoms with Crippen LogP contribution in [0.2, 0.25) is 0 Å². The fourth-order valence-electron chi connectivity index (χ4n) is 1.05. The van der Waals surface area contributed by atoms with Crippen molar-refractivity contribution >= 4 is 0 Å². The number of rotatable bonds is 4. The zero-order valence-corrected chi connectivity index (χ0v) is 9.45. The highest BCUT2D eigenvalue weighted by Gasteiger charge is 2.10. The summed E-state index contributed by atoms with van der Waals surface area (Å²) >= 11 is 0. The van der Waals surface area contributed by atoms with E-state index in [0.29, 0.717) is 17.9 Å². The third kappa shape index (κ3) is 3.77. The Bertz CT molecular complexity index is 275. The molecule has 4 heteroatoms. The van der Waals surface area contributed by atoms with Crippen LogP contribution in [0.15, 0.2) is 6.20 Å². The van der Waals surface area contributed by atoms with Gasteiger partial charge in [0, 0.05) is 6.54 Å². The minimum atomic E-state index is 0.331. The van der Waals surface area contributed by atoms with Gasteiger partial charge in [0.05, 0.1) is 12.8 Å². The topological polar surface area (TPSA) is 39.9 Å². The van der Waals surface area contributed by atoms with Crippen LogP contribution in [0.4, 0.5) is 0 Å². The van der Waals surface area contributed by atoms with Gasteiger partial charge in [0.15, 0.2) is 0 Å². The smallest absolute Gasteiger partial charge is 0.253 e. The van der Waals surface area contributed by atoms with Crippen molar-refractivity contribution in [3.8, 4) is 5.88 Å². The second-order valence-electron chi connectivity index (χ2n) is 4.56. The highest BCUT2D eigenvalue weighted by Crippen LogP contribution is 2.19. The van der Waals surface area contributed by atoms with Crippen molar-refractivity contribution in [1.82, 2.24) is 15.0 Å². The van der Waals surface area contributed by atoms with E-state index in [1.807, 2.05) is 17.8 Å². The molecular formula is C10H19N3O. The Balaban J connectivity index is 2.44. The minimum absolute atomic E-state index is 0.331. The van der Waals surface area contributed by atoms with Crippen molar-refractivity contribution < 1.29 is 4.74 Å². The Kier molecular flexibility index (Phi) is 3.49. The molecule has 0 N–H and O–H groups in total. The number of nitrogens with zero attached hydrogens (tertiary/aromatic N) is 3. The molecule has 1 aromatic heterocycles.